The summed E-state index contributed by atoms with van der Waals surface area (Å²) in [6.45, 7) is 4.09. The summed E-state index contributed by atoms with van der Waals surface area (Å²) in [4.78, 5) is 25.2. The van der Waals surface area contributed by atoms with Crippen LogP contribution in [0.3, 0.4) is 0 Å². The number of ether oxygens (including phenoxy) is 1. The Bertz CT molecular complexity index is 1080. The number of hydrogen-bond acceptors (Lipinski definition) is 7. The molecule has 1 aliphatic heterocycles. The molecule has 0 bridgehead atoms. The molecule has 0 fully saturated rings. The van der Waals surface area contributed by atoms with Crippen molar-refractivity contribution in [1.29, 1.82) is 0 Å². The number of aromatic amines is 1. The molecule has 0 radical (unpaired) electrons. The van der Waals surface area contributed by atoms with Crippen LogP contribution in [0.25, 0.3) is 0 Å². The molecule has 3 rings (SSSR count). The van der Waals surface area contributed by atoms with E-state index in [4.69, 9.17) is 16.3 Å². The first-order chi connectivity index (χ1) is 14.3. The maximum Gasteiger partial charge on any atom is 0.420 e. The van der Waals surface area contributed by atoms with E-state index in [2.05, 4.69) is 31.9 Å². The van der Waals surface area contributed by atoms with E-state index in [1.807, 2.05) is 0 Å². The van der Waals surface area contributed by atoms with Crippen LogP contribution in [-0.4, -0.2) is 47.9 Å². The fourth-order valence-corrected chi connectivity index (χ4v) is 3.17. The molecule has 8 nitrogen and oxygen atoms in total. The minimum absolute atomic E-state index is 0.0225. The van der Waals surface area contributed by atoms with E-state index in [1.165, 1.54) is 13.2 Å². The highest BCUT2D eigenvalue weighted by molar-refractivity contribution is 6.33. The molecule has 2 aromatic heterocycles. The van der Waals surface area contributed by atoms with Gasteiger partial charge in [0.25, 0.3) is 5.56 Å². The fourth-order valence-electron chi connectivity index (χ4n) is 2.96. The van der Waals surface area contributed by atoms with Crippen LogP contribution in [0.1, 0.15) is 12.0 Å². The van der Waals surface area contributed by atoms with Crippen LogP contribution >= 0.6 is 11.6 Å². The molecule has 1 aliphatic rings. The van der Waals surface area contributed by atoms with Gasteiger partial charge in [-0.05, 0) is 19.2 Å². The van der Waals surface area contributed by atoms with Crippen LogP contribution in [0, 0.1) is 0 Å². The van der Waals surface area contributed by atoms with E-state index in [9.17, 15) is 18.0 Å². The van der Waals surface area contributed by atoms with Gasteiger partial charge in [0.15, 0.2) is 5.75 Å². The van der Waals surface area contributed by atoms with Crippen molar-refractivity contribution in [2.75, 3.05) is 25.0 Å². The number of halogens is 4. The maximum atomic E-state index is 13.3. The Balaban J connectivity index is 1.92. The third-order valence-electron chi connectivity index (χ3n) is 4.39. The highest BCUT2D eigenvalue weighted by Crippen LogP contribution is 2.36. The molecule has 12 heteroatoms. The van der Waals surface area contributed by atoms with E-state index >= 15 is 0 Å². The molecule has 0 atom stereocenters. The molecular formula is C18H16ClF3N6O2. The molecule has 0 unspecified atom stereocenters. The van der Waals surface area contributed by atoms with Crippen molar-refractivity contribution in [2.45, 2.75) is 12.6 Å². The van der Waals surface area contributed by atoms with Crippen molar-refractivity contribution in [3.05, 3.63) is 56.9 Å². The van der Waals surface area contributed by atoms with Crippen LogP contribution < -0.4 is 15.2 Å². The van der Waals surface area contributed by atoms with Gasteiger partial charge in [0.2, 0.25) is 5.90 Å². The maximum absolute atomic E-state index is 13.3. The van der Waals surface area contributed by atoms with Gasteiger partial charge in [0, 0.05) is 25.4 Å². The molecule has 30 heavy (non-hydrogen) atoms. The standard InChI is InChI=1S/C18H16ClF3N6O2/c1-23-12-9-28(13-7-26-27-16(29)15(13)19)6-4-10(12)17(24-2)30-14-8-25-5-3-11(14)18(20,21)22/h3,5,7-8H,1,4,6,9H2,2H3,(H,27,29)/b24-17+. The van der Waals surface area contributed by atoms with Crippen molar-refractivity contribution in [3.8, 4) is 5.75 Å². The summed E-state index contributed by atoms with van der Waals surface area (Å²) in [6, 6.07) is 0.828. The van der Waals surface area contributed by atoms with Crippen molar-refractivity contribution in [3.63, 3.8) is 0 Å². The second kappa shape index (κ2) is 8.66. The number of pyridine rings is 1. The highest BCUT2D eigenvalue weighted by atomic mass is 35.5. The number of nitrogens with zero attached hydrogens (tertiary/aromatic N) is 5. The predicted octanol–water partition coefficient (Wildman–Crippen LogP) is 3.11. The second-order valence-corrected chi connectivity index (χ2v) is 6.53. The zero-order valence-electron chi connectivity index (χ0n) is 15.7. The average molecular weight is 441 g/mol. The zero-order valence-corrected chi connectivity index (χ0v) is 16.5. The monoisotopic (exact) mass is 440 g/mol. The van der Waals surface area contributed by atoms with E-state index in [0.717, 1.165) is 18.5 Å². The van der Waals surface area contributed by atoms with Gasteiger partial charge in [0.1, 0.15) is 10.6 Å². The van der Waals surface area contributed by atoms with Crippen molar-refractivity contribution in [2.24, 2.45) is 9.98 Å². The number of anilines is 1. The van der Waals surface area contributed by atoms with Gasteiger partial charge in [-0.15, -0.1) is 0 Å². The Kier molecular flexibility index (Phi) is 6.20. The number of hydrogen-bond donors (Lipinski definition) is 1. The average Bonchev–Trinajstić information content (AvgIpc) is 2.73. The lowest BCUT2D eigenvalue weighted by Gasteiger charge is -2.31. The molecule has 0 spiro atoms. The minimum Gasteiger partial charge on any atom is -0.437 e. The Hall–Kier alpha value is -3.21. The predicted molar refractivity (Wildman–Crippen MR) is 106 cm³/mol. The largest absolute Gasteiger partial charge is 0.437 e. The first-order valence-electron chi connectivity index (χ1n) is 8.59. The third-order valence-corrected chi connectivity index (χ3v) is 4.75. The van der Waals surface area contributed by atoms with Crippen LogP contribution in [0.15, 0.2) is 50.7 Å². The van der Waals surface area contributed by atoms with Crippen molar-refractivity contribution in [1.82, 2.24) is 15.2 Å². The van der Waals surface area contributed by atoms with E-state index in [1.54, 1.807) is 4.90 Å². The summed E-state index contributed by atoms with van der Waals surface area (Å²) in [5, 5.41) is 5.95. The van der Waals surface area contributed by atoms with Gasteiger partial charge in [0.05, 0.1) is 30.3 Å². The summed E-state index contributed by atoms with van der Waals surface area (Å²) in [6.07, 6.45) is -0.880. The molecule has 1 N–H and O–H groups in total. The molecule has 3 heterocycles. The SMILES string of the molecule is C=NC1=C(/C(=N\C)Oc2cnccc2C(F)(F)F)CCN(c2cn[nH]c(=O)c2Cl)C1. The summed E-state index contributed by atoms with van der Waals surface area (Å²) >= 11 is 6.06. The fraction of sp³-hybridized carbons (Fsp3) is 0.278. The van der Waals surface area contributed by atoms with Gasteiger partial charge in [-0.3, -0.25) is 19.8 Å². The van der Waals surface area contributed by atoms with Crippen LogP contribution in [0.4, 0.5) is 18.9 Å². The zero-order chi connectivity index (χ0) is 21.9. The van der Waals surface area contributed by atoms with Crippen molar-refractivity contribution < 1.29 is 17.9 Å². The Morgan fingerprint density at radius 2 is 2.17 bits per heavy atom. The normalized spacial score (nSPS) is 15.4. The van der Waals surface area contributed by atoms with Gasteiger partial charge in [-0.25, -0.2) is 5.10 Å². The highest BCUT2D eigenvalue weighted by Gasteiger charge is 2.35. The second-order valence-electron chi connectivity index (χ2n) is 6.15. The third kappa shape index (κ3) is 4.35. The molecule has 0 saturated heterocycles. The van der Waals surface area contributed by atoms with Gasteiger partial charge in [-0.2, -0.15) is 18.3 Å². The molecule has 0 aliphatic carbocycles. The summed E-state index contributed by atoms with van der Waals surface area (Å²) in [5.74, 6) is -0.489. The molecule has 0 amide bonds. The first-order valence-corrected chi connectivity index (χ1v) is 8.97. The molecule has 158 valence electrons. The van der Waals surface area contributed by atoms with Crippen LogP contribution in [0.2, 0.25) is 5.02 Å². The number of aliphatic imine (C=N–C) groups is 2. The van der Waals surface area contributed by atoms with Gasteiger partial charge in [-0.1, -0.05) is 11.6 Å². The lowest BCUT2D eigenvalue weighted by Crippen LogP contribution is -2.35. The van der Waals surface area contributed by atoms with E-state index in [-0.39, 0.29) is 17.5 Å². The number of nitrogens with one attached hydrogen (secondary N) is 1. The first kappa shape index (κ1) is 21.5. The Morgan fingerprint density at radius 1 is 1.40 bits per heavy atom. The summed E-state index contributed by atoms with van der Waals surface area (Å²) in [7, 11) is 1.40. The summed E-state index contributed by atoms with van der Waals surface area (Å²) in [5.41, 5.74) is -0.174. The number of alkyl halides is 3. The smallest absolute Gasteiger partial charge is 0.420 e. The quantitative estimate of drug-likeness (QED) is 0.582. The molecule has 0 saturated carbocycles. The van der Waals surface area contributed by atoms with E-state index in [0.29, 0.717) is 29.9 Å². The minimum atomic E-state index is -4.61. The van der Waals surface area contributed by atoms with Crippen LogP contribution in [0.5, 0.6) is 5.75 Å². The number of aromatic nitrogens is 3. The van der Waals surface area contributed by atoms with Gasteiger partial charge >= 0.3 is 6.18 Å². The molecule has 0 aromatic carbocycles. The molecule has 2 aromatic rings. The topological polar surface area (TPSA) is 95.8 Å². The lowest BCUT2D eigenvalue weighted by molar-refractivity contribution is -0.138. The molecular weight excluding hydrogens is 425 g/mol. The van der Waals surface area contributed by atoms with E-state index < -0.39 is 23.0 Å². The lowest BCUT2D eigenvalue weighted by atomic mass is 10.0. The Morgan fingerprint density at radius 3 is 2.83 bits per heavy atom. The summed E-state index contributed by atoms with van der Waals surface area (Å²) < 4.78 is 45.3. The van der Waals surface area contributed by atoms with Gasteiger partial charge < -0.3 is 9.64 Å². The number of H-pyrrole nitrogens is 1. The Labute approximate surface area is 173 Å². The number of rotatable bonds is 4. The van der Waals surface area contributed by atoms with Crippen LogP contribution in [-0.2, 0) is 6.18 Å². The van der Waals surface area contributed by atoms with Crippen molar-refractivity contribution >= 4 is 29.9 Å².